The van der Waals surface area contributed by atoms with Crippen molar-refractivity contribution in [2.75, 3.05) is 30.9 Å². The molecule has 3 N–H and O–H groups in total. The Morgan fingerprint density at radius 3 is 2.42 bits per heavy atom. The lowest BCUT2D eigenvalue weighted by Crippen LogP contribution is -2.24. The van der Waals surface area contributed by atoms with Gasteiger partial charge in [0.05, 0.1) is 11.6 Å². The molecule has 2 unspecified atom stereocenters. The van der Waals surface area contributed by atoms with Gasteiger partial charge >= 0.3 is 0 Å². The van der Waals surface area contributed by atoms with Gasteiger partial charge in [-0.2, -0.15) is 0 Å². The Morgan fingerprint density at radius 2 is 1.88 bits per heavy atom. The molecule has 0 bridgehead atoms. The van der Waals surface area contributed by atoms with E-state index >= 15 is 0 Å². The topological polar surface area (TPSA) is 71.2 Å². The summed E-state index contributed by atoms with van der Waals surface area (Å²) in [4.78, 5) is 19.3. The first-order chi connectivity index (χ1) is 12.0. The minimum absolute atomic E-state index is 0. The van der Waals surface area contributed by atoms with Gasteiger partial charge in [0.15, 0.2) is 0 Å². The van der Waals surface area contributed by atoms with Gasteiger partial charge in [-0.3, -0.25) is 9.78 Å². The number of nitrogens with zero attached hydrogens (tertiary/aromatic N) is 2. The fourth-order valence-corrected chi connectivity index (χ4v) is 2.82. The van der Waals surface area contributed by atoms with Crippen LogP contribution in [-0.2, 0) is 4.79 Å². The number of hydrogen-bond donors (Lipinski definition) is 2. The molecule has 2 rings (SSSR count). The zero-order valence-corrected chi connectivity index (χ0v) is 16.5. The van der Waals surface area contributed by atoms with Gasteiger partial charge in [-0.15, -0.1) is 12.4 Å². The molecule has 6 heteroatoms. The molecule has 0 saturated heterocycles. The number of aromatic nitrogens is 1. The van der Waals surface area contributed by atoms with E-state index in [9.17, 15) is 4.79 Å². The Morgan fingerprint density at radius 1 is 1.19 bits per heavy atom. The molecule has 2 aromatic rings. The molecule has 1 amide bonds. The molecule has 0 radical (unpaired) electrons. The molecule has 0 aliphatic heterocycles. The predicted octanol–water partition coefficient (Wildman–Crippen LogP) is 3.67. The summed E-state index contributed by atoms with van der Waals surface area (Å²) in [5, 5.41) is 3.03. The van der Waals surface area contributed by atoms with Crippen LogP contribution in [0.2, 0.25) is 0 Å². The number of halogens is 1. The minimum atomic E-state index is -0.281. The third kappa shape index (κ3) is 6.32. The fourth-order valence-electron chi connectivity index (χ4n) is 2.82. The summed E-state index contributed by atoms with van der Waals surface area (Å²) in [5.41, 5.74) is 8.35. The van der Waals surface area contributed by atoms with Crippen LogP contribution in [0.5, 0.6) is 0 Å². The van der Waals surface area contributed by atoms with Crippen LogP contribution in [0.3, 0.4) is 0 Å². The van der Waals surface area contributed by atoms with E-state index < -0.39 is 0 Å². The monoisotopic (exact) mass is 376 g/mol. The molecule has 0 aliphatic carbocycles. The Kier molecular flexibility index (Phi) is 9.10. The van der Waals surface area contributed by atoms with E-state index in [4.69, 9.17) is 5.73 Å². The van der Waals surface area contributed by atoms with Crippen molar-refractivity contribution in [3.63, 3.8) is 0 Å². The smallest absolute Gasteiger partial charge is 0.233 e. The zero-order chi connectivity index (χ0) is 18.2. The first kappa shape index (κ1) is 21.9. The van der Waals surface area contributed by atoms with Gasteiger partial charge in [-0.05, 0) is 61.7 Å². The van der Waals surface area contributed by atoms with Gasteiger partial charge in [-0.1, -0.05) is 13.0 Å². The van der Waals surface area contributed by atoms with E-state index in [1.165, 1.54) is 0 Å². The maximum Gasteiger partial charge on any atom is 0.233 e. The lowest BCUT2D eigenvalue weighted by molar-refractivity contribution is -0.118. The van der Waals surface area contributed by atoms with Crippen LogP contribution in [0.15, 0.2) is 48.7 Å². The predicted molar refractivity (Wildman–Crippen MR) is 111 cm³/mol. The van der Waals surface area contributed by atoms with Gasteiger partial charge in [0.25, 0.3) is 0 Å². The average molecular weight is 377 g/mol. The molecular weight excluding hydrogens is 348 g/mol. The third-order valence-corrected chi connectivity index (χ3v) is 4.31. The maximum absolute atomic E-state index is 12.9. The van der Waals surface area contributed by atoms with Gasteiger partial charge < -0.3 is 16.0 Å². The van der Waals surface area contributed by atoms with Crippen molar-refractivity contribution < 1.29 is 4.79 Å². The molecule has 0 fully saturated rings. The van der Waals surface area contributed by atoms with Crippen molar-refractivity contribution in [1.82, 2.24) is 4.98 Å². The average Bonchev–Trinajstić information content (AvgIpc) is 2.61. The summed E-state index contributed by atoms with van der Waals surface area (Å²) in [6.07, 6.45) is 3.36. The normalized spacial score (nSPS) is 12.6. The van der Waals surface area contributed by atoms with Crippen LogP contribution >= 0.6 is 12.4 Å². The molecule has 0 aliphatic rings. The van der Waals surface area contributed by atoms with Crippen molar-refractivity contribution >= 4 is 29.7 Å². The minimum Gasteiger partial charge on any atom is -0.378 e. The summed E-state index contributed by atoms with van der Waals surface area (Å²) in [6, 6.07) is 13.5. The molecule has 1 aromatic carbocycles. The molecule has 1 aromatic heterocycles. The lowest BCUT2D eigenvalue weighted by atomic mass is 9.90. The number of hydrogen-bond acceptors (Lipinski definition) is 4. The SMILES string of the molecule is CC(CCN)CC(C(=O)Nc1ccc(N(C)C)cc1)c1ccccn1.Cl. The quantitative estimate of drug-likeness (QED) is 0.737. The molecule has 0 spiro atoms. The molecule has 5 nitrogen and oxygen atoms in total. The lowest BCUT2D eigenvalue weighted by Gasteiger charge is -2.20. The molecular formula is C20H29ClN4O. The van der Waals surface area contributed by atoms with Crippen LogP contribution < -0.4 is 16.0 Å². The van der Waals surface area contributed by atoms with E-state index in [1.807, 2.05) is 61.5 Å². The number of anilines is 2. The number of pyridine rings is 1. The summed E-state index contributed by atoms with van der Waals surface area (Å²) >= 11 is 0. The van der Waals surface area contributed by atoms with Crippen LogP contribution in [0.4, 0.5) is 11.4 Å². The Bertz CT molecular complexity index is 661. The first-order valence-electron chi connectivity index (χ1n) is 8.70. The van der Waals surface area contributed by atoms with Crippen LogP contribution in [-0.4, -0.2) is 31.5 Å². The number of carbonyl (C=O) groups is 1. The number of nitrogens with two attached hydrogens (primary N) is 1. The van der Waals surface area contributed by atoms with Gasteiger partial charge in [-0.25, -0.2) is 0 Å². The first-order valence-corrected chi connectivity index (χ1v) is 8.70. The van der Waals surface area contributed by atoms with Crippen molar-refractivity contribution in [2.45, 2.75) is 25.7 Å². The Hall–Kier alpha value is -2.11. The highest BCUT2D eigenvalue weighted by atomic mass is 35.5. The zero-order valence-electron chi connectivity index (χ0n) is 15.7. The van der Waals surface area contributed by atoms with E-state index in [1.54, 1.807) is 6.20 Å². The van der Waals surface area contributed by atoms with Crippen LogP contribution in [0, 0.1) is 5.92 Å². The number of amides is 1. The summed E-state index contributed by atoms with van der Waals surface area (Å²) in [6.45, 7) is 2.76. The standard InChI is InChI=1S/C20H28N4O.ClH/c1-15(11-12-21)14-18(19-6-4-5-13-22-19)20(25)23-16-7-9-17(10-8-16)24(2)3;/h4-10,13,15,18H,11-12,14,21H2,1-3H3,(H,23,25);1H. The van der Waals surface area contributed by atoms with Crippen molar-refractivity contribution in [3.05, 3.63) is 54.4 Å². The number of rotatable bonds is 8. The molecule has 1 heterocycles. The van der Waals surface area contributed by atoms with E-state index in [-0.39, 0.29) is 24.2 Å². The Balaban J connectivity index is 0.00000338. The molecule has 26 heavy (non-hydrogen) atoms. The second-order valence-electron chi connectivity index (χ2n) is 6.66. The highest BCUT2D eigenvalue weighted by molar-refractivity contribution is 5.95. The fraction of sp³-hybridized carbons (Fsp3) is 0.400. The van der Waals surface area contributed by atoms with Gasteiger partial charge in [0.2, 0.25) is 5.91 Å². The summed E-state index contributed by atoms with van der Waals surface area (Å²) < 4.78 is 0. The molecule has 2 atom stereocenters. The highest BCUT2D eigenvalue weighted by Gasteiger charge is 2.24. The highest BCUT2D eigenvalue weighted by Crippen LogP contribution is 2.26. The second kappa shape index (κ2) is 10.8. The maximum atomic E-state index is 12.9. The van der Waals surface area contributed by atoms with Gasteiger partial charge in [0, 0.05) is 31.7 Å². The van der Waals surface area contributed by atoms with Gasteiger partial charge in [0.1, 0.15) is 0 Å². The Labute approximate surface area is 162 Å². The molecule has 142 valence electrons. The third-order valence-electron chi connectivity index (χ3n) is 4.31. The van der Waals surface area contributed by atoms with Crippen molar-refractivity contribution in [2.24, 2.45) is 11.7 Å². The molecule has 0 saturated carbocycles. The van der Waals surface area contributed by atoms with Crippen molar-refractivity contribution in [1.29, 1.82) is 0 Å². The number of benzene rings is 1. The number of carbonyl (C=O) groups excluding carboxylic acids is 1. The number of nitrogens with one attached hydrogen (secondary N) is 1. The summed E-state index contributed by atoms with van der Waals surface area (Å²) in [7, 11) is 3.98. The van der Waals surface area contributed by atoms with E-state index in [0.717, 1.165) is 29.9 Å². The van der Waals surface area contributed by atoms with Crippen LogP contribution in [0.1, 0.15) is 31.4 Å². The van der Waals surface area contributed by atoms with Crippen molar-refractivity contribution in [3.8, 4) is 0 Å². The van der Waals surface area contributed by atoms with E-state index in [0.29, 0.717) is 12.5 Å². The van der Waals surface area contributed by atoms with E-state index in [2.05, 4.69) is 17.2 Å². The second-order valence-corrected chi connectivity index (χ2v) is 6.66. The largest absolute Gasteiger partial charge is 0.378 e. The summed E-state index contributed by atoms with van der Waals surface area (Å²) in [5.74, 6) is 0.0512. The van der Waals surface area contributed by atoms with Crippen LogP contribution in [0.25, 0.3) is 0 Å².